The van der Waals surface area contributed by atoms with Gasteiger partial charge in [-0.25, -0.2) is 9.18 Å². The average molecular weight is 388 g/mol. The van der Waals surface area contributed by atoms with E-state index in [2.05, 4.69) is 9.73 Å². The van der Waals surface area contributed by atoms with Crippen molar-refractivity contribution in [2.75, 3.05) is 20.8 Å². The summed E-state index contributed by atoms with van der Waals surface area (Å²) in [5.74, 6) is -1.28. The van der Waals surface area contributed by atoms with Crippen LogP contribution < -0.4 is 4.80 Å². The van der Waals surface area contributed by atoms with Crippen LogP contribution in [0.3, 0.4) is 0 Å². The van der Waals surface area contributed by atoms with Crippen molar-refractivity contribution in [1.29, 1.82) is 0 Å². The van der Waals surface area contributed by atoms with E-state index >= 15 is 0 Å². The number of hydrogen-bond acceptors (Lipinski definition) is 5. The van der Waals surface area contributed by atoms with Crippen molar-refractivity contribution in [1.82, 2.24) is 4.57 Å². The fourth-order valence-electron chi connectivity index (χ4n) is 2.55. The summed E-state index contributed by atoms with van der Waals surface area (Å²) in [4.78, 5) is 28.7. The van der Waals surface area contributed by atoms with Gasteiger partial charge in [0.1, 0.15) is 5.82 Å². The number of nitrogens with zero attached hydrogens (tertiary/aromatic N) is 2. The van der Waals surface area contributed by atoms with E-state index in [0.717, 1.165) is 5.52 Å². The minimum Gasteiger partial charge on any atom is -0.465 e. The molecule has 27 heavy (non-hydrogen) atoms. The number of carbonyl (C=O) groups excluding carboxylic acids is 2. The highest BCUT2D eigenvalue weighted by Gasteiger charge is 2.11. The average Bonchev–Trinajstić information content (AvgIpc) is 3.01. The molecule has 0 aliphatic heterocycles. The first-order valence-corrected chi connectivity index (χ1v) is 8.90. The van der Waals surface area contributed by atoms with Crippen LogP contribution in [0.15, 0.2) is 47.5 Å². The van der Waals surface area contributed by atoms with Gasteiger partial charge in [-0.2, -0.15) is 4.99 Å². The van der Waals surface area contributed by atoms with Gasteiger partial charge in [0.2, 0.25) is 0 Å². The van der Waals surface area contributed by atoms with E-state index in [1.165, 1.54) is 54.8 Å². The number of methoxy groups -OCH3 is 2. The Hall–Kier alpha value is -2.84. The Balaban J connectivity index is 2.01. The Morgan fingerprint density at radius 2 is 1.81 bits per heavy atom. The second-order valence-electron chi connectivity index (χ2n) is 5.63. The van der Waals surface area contributed by atoms with Crippen molar-refractivity contribution < 1.29 is 23.5 Å². The summed E-state index contributed by atoms with van der Waals surface area (Å²) < 4.78 is 25.8. The molecule has 0 N–H and O–H groups in total. The minimum atomic E-state index is -0.477. The number of carbonyl (C=O) groups is 2. The number of rotatable bonds is 5. The van der Waals surface area contributed by atoms with Crippen molar-refractivity contribution in [2.24, 2.45) is 4.99 Å². The van der Waals surface area contributed by atoms with E-state index in [4.69, 9.17) is 4.74 Å². The lowest BCUT2D eigenvalue weighted by molar-refractivity contribution is 0.0600. The SMILES string of the molecule is COCCn1c(=NC(=O)c2ccc(C(=O)OC)cc2)sc2cc(F)ccc21. The molecular formula is C19H17FN2O4S. The van der Waals surface area contributed by atoms with Crippen LogP contribution >= 0.6 is 11.3 Å². The first-order valence-electron chi connectivity index (χ1n) is 8.08. The molecule has 0 saturated carbocycles. The Morgan fingerprint density at radius 3 is 2.48 bits per heavy atom. The molecular weight excluding hydrogens is 371 g/mol. The lowest BCUT2D eigenvalue weighted by atomic mass is 10.1. The fraction of sp³-hybridized carbons (Fsp3) is 0.211. The minimum absolute atomic E-state index is 0.338. The van der Waals surface area contributed by atoms with Gasteiger partial charge in [-0.15, -0.1) is 0 Å². The summed E-state index contributed by atoms with van der Waals surface area (Å²) in [7, 11) is 2.87. The standard InChI is InChI=1S/C19H17FN2O4S/c1-25-10-9-22-15-8-7-14(20)11-16(15)27-19(22)21-17(23)12-3-5-13(6-4-12)18(24)26-2/h3-8,11H,9-10H2,1-2H3. The normalized spacial score (nSPS) is 11.7. The molecule has 0 spiro atoms. The quantitative estimate of drug-likeness (QED) is 0.630. The molecule has 1 amide bonds. The topological polar surface area (TPSA) is 69.9 Å². The largest absolute Gasteiger partial charge is 0.465 e. The smallest absolute Gasteiger partial charge is 0.337 e. The summed E-state index contributed by atoms with van der Waals surface area (Å²) in [6.45, 7) is 0.911. The number of ether oxygens (including phenoxy) is 2. The van der Waals surface area contributed by atoms with Gasteiger partial charge in [0.15, 0.2) is 4.80 Å². The summed E-state index contributed by atoms with van der Waals surface area (Å²) >= 11 is 1.23. The molecule has 6 nitrogen and oxygen atoms in total. The van der Waals surface area contributed by atoms with Crippen molar-refractivity contribution in [3.8, 4) is 0 Å². The zero-order valence-corrected chi connectivity index (χ0v) is 15.6. The molecule has 0 bridgehead atoms. The number of amides is 1. The number of esters is 1. The van der Waals surface area contributed by atoms with Crippen LogP contribution in [0, 0.1) is 5.82 Å². The van der Waals surface area contributed by atoms with E-state index < -0.39 is 11.9 Å². The maximum atomic E-state index is 13.5. The van der Waals surface area contributed by atoms with Gasteiger partial charge >= 0.3 is 5.97 Å². The molecule has 0 radical (unpaired) electrons. The number of benzene rings is 2. The first-order chi connectivity index (χ1) is 13.0. The molecule has 2 aromatic carbocycles. The molecule has 8 heteroatoms. The van der Waals surface area contributed by atoms with E-state index in [-0.39, 0.29) is 5.82 Å². The van der Waals surface area contributed by atoms with Crippen LogP contribution in [0.5, 0.6) is 0 Å². The maximum Gasteiger partial charge on any atom is 0.337 e. The van der Waals surface area contributed by atoms with E-state index in [1.54, 1.807) is 13.2 Å². The van der Waals surface area contributed by atoms with Gasteiger partial charge in [0, 0.05) is 19.2 Å². The van der Waals surface area contributed by atoms with Crippen molar-refractivity contribution in [2.45, 2.75) is 6.54 Å². The Kier molecular flexibility index (Phi) is 5.78. The molecule has 0 saturated heterocycles. The van der Waals surface area contributed by atoms with Crippen LogP contribution in [0.1, 0.15) is 20.7 Å². The second kappa shape index (κ2) is 8.24. The van der Waals surface area contributed by atoms with Crippen LogP contribution in [0.2, 0.25) is 0 Å². The van der Waals surface area contributed by atoms with E-state index in [1.807, 2.05) is 4.57 Å². The summed E-state index contributed by atoms with van der Waals surface area (Å²) in [5, 5.41) is 0. The third-order valence-corrected chi connectivity index (χ3v) is 4.96. The molecule has 0 fully saturated rings. The van der Waals surface area contributed by atoms with Gasteiger partial charge < -0.3 is 14.0 Å². The predicted octanol–water partition coefficient (Wildman–Crippen LogP) is 3.02. The molecule has 140 valence electrons. The Bertz CT molecular complexity index is 1050. The van der Waals surface area contributed by atoms with Gasteiger partial charge in [0.25, 0.3) is 5.91 Å². The van der Waals surface area contributed by atoms with Gasteiger partial charge in [0.05, 0.1) is 29.5 Å². The van der Waals surface area contributed by atoms with Gasteiger partial charge in [-0.1, -0.05) is 11.3 Å². The molecule has 1 aromatic heterocycles. The fourth-order valence-corrected chi connectivity index (χ4v) is 3.63. The third-order valence-electron chi connectivity index (χ3n) is 3.91. The second-order valence-corrected chi connectivity index (χ2v) is 6.64. The zero-order valence-electron chi connectivity index (χ0n) is 14.8. The highest BCUT2D eigenvalue weighted by Crippen LogP contribution is 2.19. The highest BCUT2D eigenvalue weighted by atomic mass is 32.1. The van der Waals surface area contributed by atoms with Crippen LogP contribution in [0.25, 0.3) is 10.2 Å². The molecule has 0 atom stereocenters. The predicted molar refractivity (Wildman–Crippen MR) is 99.3 cm³/mol. The van der Waals surface area contributed by atoms with Gasteiger partial charge in [-0.3, -0.25) is 4.79 Å². The zero-order chi connectivity index (χ0) is 19.4. The lowest BCUT2D eigenvalue weighted by Crippen LogP contribution is -2.19. The maximum absolute atomic E-state index is 13.5. The van der Waals surface area contributed by atoms with Crippen molar-refractivity contribution in [3.05, 3.63) is 64.2 Å². The lowest BCUT2D eigenvalue weighted by Gasteiger charge is -2.04. The summed E-state index contributed by atoms with van der Waals surface area (Å²) in [6, 6.07) is 10.5. The third kappa shape index (κ3) is 4.12. The van der Waals surface area contributed by atoms with E-state index in [0.29, 0.717) is 33.8 Å². The molecule has 0 aliphatic carbocycles. The number of aromatic nitrogens is 1. The van der Waals surface area contributed by atoms with Crippen molar-refractivity contribution >= 4 is 33.4 Å². The van der Waals surface area contributed by atoms with Crippen LogP contribution in [0.4, 0.5) is 4.39 Å². The molecule has 0 unspecified atom stereocenters. The molecule has 0 aliphatic rings. The number of thiazole rings is 1. The summed E-state index contributed by atoms with van der Waals surface area (Å²) in [6.07, 6.45) is 0. The Labute approximate surface area is 158 Å². The number of halogens is 1. The van der Waals surface area contributed by atoms with E-state index in [9.17, 15) is 14.0 Å². The van der Waals surface area contributed by atoms with Crippen LogP contribution in [-0.2, 0) is 16.0 Å². The summed E-state index contributed by atoms with van der Waals surface area (Å²) in [5.41, 5.74) is 1.47. The molecule has 3 aromatic rings. The number of fused-ring (bicyclic) bond motifs is 1. The molecule has 3 rings (SSSR count). The van der Waals surface area contributed by atoms with Gasteiger partial charge in [-0.05, 0) is 42.5 Å². The Morgan fingerprint density at radius 1 is 1.11 bits per heavy atom. The molecule has 1 heterocycles. The highest BCUT2D eigenvalue weighted by molar-refractivity contribution is 7.16. The first kappa shape index (κ1) is 18.9. The van der Waals surface area contributed by atoms with Crippen molar-refractivity contribution in [3.63, 3.8) is 0 Å². The van der Waals surface area contributed by atoms with Crippen LogP contribution in [-0.4, -0.2) is 37.3 Å². The monoisotopic (exact) mass is 388 g/mol. The number of hydrogen-bond donors (Lipinski definition) is 0.